The lowest BCUT2D eigenvalue weighted by Crippen LogP contribution is -2.09. The van der Waals surface area contributed by atoms with Crippen LogP contribution in [-0.2, 0) is 0 Å². The minimum Gasteiger partial charge on any atom is -0.493 e. The van der Waals surface area contributed by atoms with Gasteiger partial charge in [0.05, 0.1) is 27.4 Å². The van der Waals surface area contributed by atoms with Crippen LogP contribution in [0.5, 0.6) is 23.1 Å². The van der Waals surface area contributed by atoms with Crippen molar-refractivity contribution in [3.63, 3.8) is 0 Å². The van der Waals surface area contributed by atoms with Gasteiger partial charge in [-0.05, 0) is 0 Å². The van der Waals surface area contributed by atoms with E-state index in [1.54, 1.807) is 12.1 Å². The highest BCUT2D eigenvalue weighted by molar-refractivity contribution is 5.65. The molecule has 0 aliphatic heterocycles. The van der Waals surface area contributed by atoms with Crippen LogP contribution in [0.2, 0.25) is 0 Å². The average Bonchev–Trinajstić information content (AvgIpc) is 2.45. The number of nitrogens with one attached hydrogen (secondary N) is 2. The number of H-pyrrole nitrogens is 1. The summed E-state index contributed by atoms with van der Waals surface area (Å²) in [5.41, 5.74) is 0.0655. The van der Waals surface area contributed by atoms with Crippen LogP contribution in [0.4, 0.5) is 11.6 Å². The fraction of sp³-hybridized carbons (Fsp3) is 0.231. The topological polar surface area (TPSA) is 106 Å². The molecule has 0 unspecified atom stereocenters. The van der Waals surface area contributed by atoms with Crippen molar-refractivity contribution in [1.82, 2.24) is 9.97 Å². The first-order valence-corrected chi connectivity index (χ1v) is 5.94. The zero-order valence-electron chi connectivity index (χ0n) is 11.8. The highest BCUT2D eigenvalue weighted by atomic mass is 16.5. The second-order valence-corrected chi connectivity index (χ2v) is 3.99. The van der Waals surface area contributed by atoms with Crippen LogP contribution in [0, 0.1) is 0 Å². The van der Waals surface area contributed by atoms with Crippen LogP contribution in [0.25, 0.3) is 0 Å². The van der Waals surface area contributed by atoms with Crippen molar-refractivity contribution in [2.24, 2.45) is 0 Å². The van der Waals surface area contributed by atoms with Crippen molar-refractivity contribution in [2.45, 2.75) is 0 Å². The number of aromatic amines is 1. The number of anilines is 2. The van der Waals surface area contributed by atoms with Crippen molar-refractivity contribution < 1.29 is 19.3 Å². The highest BCUT2D eigenvalue weighted by Gasteiger charge is 2.13. The molecule has 1 heterocycles. The van der Waals surface area contributed by atoms with E-state index in [1.807, 2.05) is 0 Å². The van der Waals surface area contributed by atoms with Gasteiger partial charge >= 0.3 is 0 Å². The van der Waals surface area contributed by atoms with E-state index in [-0.39, 0.29) is 11.8 Å². The fourth-order valence-electron chi connectivity index (χ4n) is 1.79. The summed E-state index contributed by atoms with van der Waals surface area (Å²) in [4.78, 5) is 17.5. The van der Waals surface area contributed by atoms with Crippen molar-refractivity contribution in [3.8, 4) is 23.1 Å². The molecule has 8 nitrogen and oxygen atoms in total. The Balaban J connectivity index is 2.42. The van der Waals surface area contributed by atoms with E-state index in [2.05, 4.69) is 15.3 Å². The third-order valence-corrected chi connectivity index (χ3v) is 2.66. The Labute approximate surface area is 120 Å². The molecule has 112 valence electrons. The molecule has 2 rings (SSSR count). The molecule has 0 amide bonds. The molecule has 1 aromatic carbocycles. The number of hydrogen-bond donors (Lipinski definition) is 3. The van der Waals surface area contributed by atoms with E-state index in [9.17, 15) is 9.90 Å². The van der Waals surface area contributed by atoms with Gasteiger partial charge in [0.2, 0.25) is 17.6 Å². The summed E-state index contributed by atoms with van der Waals surface area (Å²) >= 11 is 0. The Bertz CT molecular complexity index is 673. The smallest absolute Gasteiger partial charge is 0.256 e. The van der Waals surface area contributed by atoms with Gasteiger partial charge in [0.25, 0.3) is 5.56 Å². The lowest BCUT2D eigenvalue weighted by Gasteiger charge is -2.14. The first-order valence-electron chi connectivity index (χ1n) is 5.94. The minimum absolute atomic E-state index is 0.0919. The standard InChI is InChI=1S/C13H15N3O5/c1-19-8-4-7(5-9(20-2)12(8)21-3)14-13-15-10(17)6-11(18)16-13/h4-6H,1-3H3,(H3,14,15,16,17,18). The van der Waals surface area contributed by atoms with Gasteiger partial charge in [-0.1, -0.05) is 0 Å². The van der Waals surface area contributed by atoms with Crippen molar-refractivity contribution in [2.75, 3.05) is 26.6 Å². The molecule has 8 heteroatoms. The molecule has 1 aromatic heterocycles. The summed E-state index contributed by atoms with van der Waals surface area (Å²) < 4.78 is 15.6. The normalized spacial score (nSPS) is 10.0. The number of ether oxygens (including phenoxy) is 3. The molecule has 21 heavy (non-hydrogen) atoms. The molecule has 2 aromatic rings. The van der Waals surface area contributed by atoms with Crippen LogP contribution < -0.4 is 25.1 Å². The zero-order chi connectivity index (χ0) is 15.4. The Morgan fingerprint density at radius 3 is 2.19 bits per heavy atom. The van der Waals surface area contributed by atoms with Gasteiger partial charge in [-0.3, -0.25) is 9.78 Å². The van der Waals surface area contributed by atoms with Gasteiger partial charge in [0.1, 0.15) is 0 Å². The highest BCUT2D eigenvalue weighted by Crippen LogP contribution is 2.40. The third kappa shape index (κ3) is 3.16. The summed E-state index contributed by atoms with van der Waals surface area (Å²) in [6.07, 6.45) is 0. The van der Waals surface area contributed by atoms with Gasteiger partial charge in [0.15, 0.2) is 11.5 Å². The summed E-state index contributed by atoms with van der Waals surface area (Å²) in [6, 6.07) is 4.26. The van der Waals surface area contributed by atoms with E-state index in [0.29, 0.717) is 22.9 Å². The van der Waals surface area contributed by atoms with Gasteiger partial charge < -0.3 is 24.6 Å². The maximum atomic E-state index is 11.3. The number of nitrogens with zero attached hydrogens (tertiary/aromatic N) is 1. The van der Waals surface area contributed by atoms with Crippen LogP contribution in [0.3, 0.4) is 0 Å². The Kier molecular flexibility index (Phi) is 4.17. The Hall–Kier alpha value is -2.90. The van der Waals surface area contributed by atoms with E-state index < -0.39 is 5.56 Å². The van der Waals surface area contributed by atoms with Crippen LogP contribution in [-0.4, -0.2) is 36.4 Å². The summed E-state index contributed by atoms with van der Waals surface area (Å²) in [7, 11) is 4.49. The number of hydrogen-bond acceptors (Lipinski definition) is 7. The van der Waals surface area contributed by atoms with Crippen molar-refractivity contribution in [1.29, 1.82) is 0 Å². The summed E-state index contributed by atoms with van der Waals surface area (Å²) in [5, 5.41) is 12.2. The summed E-state index contributed by atoms with van der Waals surface area (Å²) in [6.45, 7) is 0. The molecule has 0 spiro atoms. The SMILES string of the molecule is COc1cc(Nc2nc(O)cc(=O)[nH]2)cc(OC)c1OC. The molecule has 0 saturated carbocycles. The first kappa shape index (κ1) is 14.5. The quantitative estimate of drug-likeness (QED) is 0.761. The summed E-state index contributed by atoms with van der Waals surface area (Å²) in [5.74, 6) is 1.05. The van der Waals surface area contributed by atoms with E-state index in [1.165, 1.54) is 21.3 Å². The molecular formula is C13H15N3O5. The van der Waals surface area contributed by atoms with Gasteiger partial charge in [-0.2, -0.15) is 4.98 Å². The van der Waals surface area contributed by atoms with Crippen LogP contribution in [0.15, 0.2) is 23.0 Å². The molecule has 0 aliphatic rings. The molecule has 0 fully saturated rings. The second-order valence-electron chi connectivity index (χ2n) is 3.99. The van der Waals surface area contributed by atoms with Gasteiger partial charge in [-0.25, -0.2) is 0 Å². The number of methoxy groups -OCH3 is 3. The monoisotopic (exact) mass is 293 g/mol. The number of rotatable bonds is 5. The Morgan fingerprint density at radius 2 is 1.71 bits per heavy atom. The average molecular weight is 293 g/mol. The molecular weight excluding hydrogens is 278 g/mol. The van der Waals surface area contributed by atoms with Crippen molar-refractivity contribution in [3.05, 3.63) is 28.6 Å². The van der Waals surface area contributed by atoms with E-state index in [0.717, 1.165) is 6.07 Å². The van der Waals surface area contributed by atoms with Crippen molar-refractivity contribution >= 4 is 11.6 Å². The van der Waals surface area contributed by atoms with Gasteiger partial charge in [0, 0.05) is 17.8 Å². The predicted molar refractivity (Wildman–Crippen MR) is 75.9 cm³/mol. The molecule has 0 atom stereocenters. The lowest BCUT2D eigenvalue weighted by atomic mass is 10.2. The molecule has 0 bridgehead atoms. The lowest BCUT2D eigenvalue weighted by molar-refractivity contribution is 0.324. The number of benzene rings is 1. The minimum atomic E-state index is -0.475. The first-order chi connectivity index (χ1) is 10.1. The maximum Gasteiger partial charge on any atom is 0.256 e. The number of aromatic hydroxyl groups is 1. The van der Waals surface area contributed by atoms with Gasteiger partial charge in [-0.15, -0.1) is 0 Å². The largest absolute Gasteiger partial charge is 0.493 e. The fourth-order valence-corrected chi connectivity index (χ4v) is 1.79. The van der Waals surface area contributed by atoms with Crippen LogP contribution in [0.1, 0.15) is 0 Å². The predicted octanol–water partition coefficient (Wildman–Crippen LogP) is 1.24. The van der Waals surface area contributed by atoms with E-state index in [4.69, 9.17) is 14.2 Å². The third-order valence-electron chi connectivity index (χ3n) is 2.66. The zero-order valence-corrected chi connectivity index (χ0v) is 11.8. The second kappa shape index (κ2) is 6.04. The number of aromatic nitrogens is 2. The molecule has 0 aliphatic carbocycles. The molecule has 3 N–H and O–H groups in total. The Morgan fingerprint density at radius 1 is 1.10 bits per heavy atom. The molecule has 0 radical (unpaired) electrons. The van der Waals surface area contributed by atoms with Crippen LogP contribution >= 0.6 is 0 Å². The maximum absolute atomic E-state index is 11.3. The van der Waals surface area contributed by atoms with E-state index >= 15 is 0 Å². The molecule has 0 saturated heterocycles.